The molecule has 2 nitrogen and oxygen atoms in total. The Labute approximate surface area is 95.6 Å². The maximum Gasteiger partial charge on any atom is 0.101 e. The van der Waals surface area contributed by atoms with Crippen molar-refractivity contribution >= 4 is 0 Å². The van der Waals surface area contributed by atoms with Crippen LogP contribution in [0.4, 0.5) is 0 Å². The molecule has 1 aromatic heterocycles. The SMILES string of the molecule is CCc1ccc(-c2[nH]c(C)cc2C#N)cc1. The Balaban J connectivity index is 2.46. The van der Waals surface area contributed by atoms with E-state index in [1.165, 1.54) is 5.56 Å². The molecule has 0 atom stereocenters. The second kappa shape index (κ2) is 4.24. The van der Waals surface area contributed by atoms with Crippen LogP contribution < -0.4 is 0 Å². The maximum absolute atomic E-state index is 9.02. The minimum atomic E-state index is 0.710. The van der Waals surface area contributed by atoms with Crippen molar-refractivity contribution in [1.82, 2.24) is 4.98 Å². The van der Waals surface area contributed by atoms with Crippen molar-refractivity contribution in [2.75, 3.05) is 0 Å². The summed E-state index contributed by atoms with van der Waals surface area (Å²) in [5, 5.41) is 9.02. The topological polar surface area (TPSA) is 39.6 Å². The second-order valence-electron chi connectivity index (χ2n) is 3.90. The second-order valence-corrected chi connectivity index (χ2v) is 3.90. The molecule has 0 aliphatic heterocycles. The van der Waals surface area contributed by atoms with Gasteiger partial charge in [-0.1, -0.05) is 31.2 Å². The van der Waals surface area contributed by atoms with Crippen molar-refractivity contribution in [2.45, 2.75) is 20.3 Å². The van der Waals surface area contributed by atoms with Gasteiger partial charge in [-0.3, -0.25) is 0 Å². The van der Waals surface area contributed by atoms with E-state index < -0.39 is 0 Å². The number of H-pyrrole nitrogens is 1. The number of hydrogen-bond donors (Lipinski definition) is 1. The zero-order chi connectivity index (χ0) is 11.5. The summed E-state index contributed by atoms with van der Waals surface area (Å²) in [5.74, 6) is 0. The molecule has 0 aliphatic rings. The highest BCUT2D eigenvalue weighted by molar-refractivity contribution is 5.67. The quantitative estimate of drug-likeness (QED) is 0.810. The molecule has 0 saturated heterocycles. The number of nitrogens with one attached hydrogen (secondary N) is 1. The average molecular weight is 210 g/mol. The van der Waals surface area contributed by atoms with Gasteiger partial charge in [-0.15, -0.1) is 0 Å². The summed E-state index contributed by atoms with van der Waals surface area (Å²) >= 11 is 0. The van der Waals surface area contributed by atoms with Crippen molar-refractivity contribution in [3.63, 3.8) is 0 Å². The van der Waals surface area contributed by atoms with E-state index in [9.17, 15) is 0 Å². The lowest BCUT2D eigenvalue weighted by Gasteiger charge is -2.01. The largest absolute Gasteiger partial charge is 0.358 e. The lowest BCUT2D eigenvalue weighted by molar-refractivity contribution is 1.14. The van der Waals surface area contributed by atoms with Crippen LogP contribution >= 0.6 is 0 Å². The molecular weight excluding hydrogens is 196 g/mol. The van der Waals surface area contributed by atoms with Crippen molar-refractivity contribution in [3.8, 4) is 17.3 Å². The summed E-state index contributed by atoms with van der Waals surface area (Å²) < 4.78 is 0. The Kier molecular flexibility index (Phi) is 2.78. The fourth-order valence-electron chi connectivity index (χ4n) is 1.81. The first kappa shape index (κ1) is 10.5. The highest BCUT2D eigenvalue weighted by Crippen LogP contribution is 2.23. The number of hydrogen-bond acceptors (Lipinski definition) is 1. The van der Waals surface area contributed by atoms with Crippen LogP contribution in [0.1, 0.15) is 23.7 Å². The highest BCUT2D eigenvalue weighted by atomic mass is 14.7. The molecule has 2 aromatic rings. The standard InChI is InChI=1S/C14H14N2/c1-3-11-4-6-12(7-5-11)14-13(9-15)8-10(2)16-14/h4-8,16H,3H2,1-2H3. The van der Waals surface area contributed by atoms with Crippen LogP contribution in [0.3, 0.4) is 0 Å². The third-order valence-electron chi connectivity index (χ3n) is 2.72. The van der Waals surface area contributed by atoms with Crippen molar-refractivity contribution in [2.24, 2.45) is 0 Å². The Morgan fingerprint density at radius 2 is 1.94 bits per heavy atom. The van der Waals surface area contributed by atoms with E-state index in [0.29, 0.717) is 5.56 Å². The Hall–Kier alpha value is -2.01. The molecule has 0 saturated carbocycles. The van der Waals surface area contributed by atoms with Crippen LogP contribution in [0.2, 0.25) is 0 Å². The molecular formula is C14H14N2. The fraction of sp³-hybridized carbons (Fsp3) is 0.214. The lowest BCUT2D eigenvalue weighted by Crippen LogP contribution is -1.84. The number of aryl methyl sites for hydroxylation is 2. The monoisotopic (exact) mass is 210 g/mol. The fourth-order valence-corrected chi connectivity index (χ4v) is 1.81. The van der Waals surface area contributed by atoms with Crippen molar-refractivity contribution < 1.29 is 0 Å². The predicted octanol–water partition coefficient (Wildman–Crippen LogP) is 3.42. The molecule has 0 fully saturated rings. The Morgan fingerprint density at radius 3 is 2.50 bits per heavy atom. The minimum absolute atomic E-state index is 0.710. The number of benzene rings is 1. The first-order chi connectivity index (χ1) is 7.74. The zero-order valence-electron chi connectivity index (χ0n) is 9.54. The van der Waals surface area contributed by atoms with Crippen molar-refractivity contribution in [1.29, 1.82) is 5.26 Å². The van der Waals surface area contributed by atoms with Gasteiger partial charge < -0.3 is 4.98 Å². The van der Waals surface area contributed by atoms with Crippen LogP contribution in [0.15, 0.2) is 30.3 Å². The summed E-state index contributed by atoms with van der Waals surface area (Å²) in [5.41, 5.74) is 5.03. The summed E-state index contributed by atoms with van der Waals surface area (Å²) in [6.45, 7) is 4.10. The van der Waals surface area contributed by atoms with Crippen LogP contribution in [0.5, 0.6) is 0 Å². The summed E-state index contributed by atoms with van der Waals surface area (Å²) in [7, 11) is 0. The summed E-state index contributed by atoms with van der Waals surface area (Å²) in [6.07, 6.45) is 1.04. The molecule has 0 radical (unpaired) electrons. The van der Waals surface area contributed by atoms with Crippen LogP contribution in [-0.4, -0.2) is 4.98 Å². The van der Waals surface area contributed by atoms with E-state index in [-0.39, 0.29) is 0 Å². The molecule has 1 aromatic carbocycles. The molecule has 0 aliphatic carbocycles. The molecule has 0 amide bonds. The third-order valence-corrected chi connectivity index (χ3v) is 2.72. The molecule has 0 unspecified atom stereocenters. The Bertz CT molecular complexity index is 527. The lowest BCUT2D eigenvalue weighted by atomic mass is 10.1. The summed E-state index contributed by atoms with van der Waals surface area (Å²) in [4.78, 5) is 3.23. The van der Waals surface area contributed by atoms with E-state index in [0.717, 1.165) is 23.4 Å². The van der Waals surface area contributed by atoms with Gasteiger partial charge in [0.1, 0.15) is 6.07 Å². The van der Waals surface area contributed by atoms with E-state index in [1.807, 2.05) is 13.0 Å². The molecule has 80 valence electrons. The normalized spacial score (nSPS) is 10.1. The molecule has 1 heterocycles. The van der Waals surface area contributed by atoms with Crippen molar-refractivity contribution in [3.05, 3.63) is 47.2 Å². The minimum Gasteiger partial charge on any atom is -0.358 e. The summed E-state index contributed by atoms with van der Waals surface area (Å²) in [6, 6.07) is 12.4. The van der Waals surface area contributed by atoms with Gasteiger partial charge in [0.05, 0.1) is 11.3 Å². The van der Waals surface area contributed by atoms with E-state index in [1.54, 1.807) is 0 Å². The zero-order valence-corrected chi connectivity index (χ0v) is 9.54. The number of nitrogens with zero attached hydrogens (tertiary/aromatic N) is 1. The molecule has 2 rings (SSSR count). The van der Waals surface area contributed by atoms with E-state index >= 15 is 0 Å². The third kappa shape index (κ3) is 1.85. The molecule has 2 heteroatoms. The van der Waals surface area contributed by atoms with Gasteiger partial charge in [-0.2, -0.15) is 5.26 Å². The van der Waals surface area contributed by atoms with Gasteiger partial charge in [-0.25, -0.2) is 0 Å². The van der Waals surface area contributed by atoms with Crippen LogP contribution in [0.25, 0.3) is 11.3 Å². The maximum atomic E-state index is 9.02. The molecule has 16 heavy (non-hydrogen) atoms. The highest BCUT2D eigenvalue weighted by Gasteiger charge is 2.07. The van der Waals surface area contributed by atoms with Gasteiger partial charge in [0.25, 0.3) is 0 Å². The average Bonchev–Trinajstić information content (AvgIpc) is 2.70. The van der Waals surface area contributed by atoms with Gasteiger partial charge in [0, 0.05) is 5.69 Å². The van der Waals surface area contributed by atoms with Gasteiger partial charge in [0.2, 0.25) is 0 Å². The van der Waals surface area contributed by atoms with Crippen LogP contribution in [-0.2, 0) is 6.42 Å². The van der Waals surface area contributed by atoms with Gasteiger partial charge in [0.15, 0.2) is 0 Å². The van der Waals surface area contributed by atoms with Crippen LogP contribution in [0, 0.1) is 18.3 Å². The number of aromatic nitrogens is 1. The van der Waals surface area contributed by atoms with Gasteiger partial charge in [-0.05, 0) is 30.5 Å². The van der Waals surface area contributed by atoms with E-state index in [4.69, 9.17) is 5.26 Å². The molecule has 0 bridgehead atoms. The first-order valence-electron chi connectivity index (χ1n) is 5.43. The van der Waals surface area contributed by atoms with Gasteiger partial charge >= 0.3 is 0 Å². The predicted molar refractivity (Wildman–Crippen MR) is 65.1 cm³/mol. The Morgan fingerprint density at radius 1 is 1.25 bits per heavy atom. The number of rotatable bonds is 2. The number of nitriles is 1. The number of aromatic amines is 1. The first-order valence-corrected chi connectivity index (χ1v) is 5.43. The molecule has 1 N–H and O–H groups in total. The molecule has 0 spiro atoms. The van der Waals surface area contributed by atoms with E-state index in [2.05, 4.69) is 42.2 Å². The smallest absolute Gasteiger partial charge is 0.101 e.